The van der Waals surface area contributed by atoms with E-state index in [9.17, 15) is 0 Å². The van der Waals surface area contributed by atoms with Crippen LogP contribution in [-0.2, 0) is 20.3 Å². The van der Waals surface area contributed by atoms with Crippen molar-refractivity contribution in [2.45, 2.75) is 27.1 Å². The van der Waals surface area contributed by atoms with Gasteiger partial charge >= 0.3 is 0 Å². The van der Waals surface area contributed by atoms with Crippen LogP contribution in [0.25, 0.3) is 11.4 Å². The molecule has 2 aromatic carbocycles. The van der Waals surface area contributed by atoms with Crippen molar-refractivity contribution in [1.82, 2.24) is 14.3 Å². The van der Waals surface area contributed by atoms with Gasteiger partial charge in [-0.2, -0.15) is 4.68 Å². The van der Waals surface area contributed by atoms with Crippen LogP contribution in [0.15, 0.2) is 48.5 Å². The molecule has 0 bridgehead atoms. The predicted molar refractivity (Wildman–Crippen MR) is 104 cm³/mol. The van der Waals surface area contributed by atoms with Crippen LogP contribution in [0.3, 0.4) is 0 Å². The molecule has 0 spiro atoms. The summed E-state index contributed by atoms with van der Waals surface area (Å²) < 4.78 is 4.69. The standard InChI is InChI=1S/C20H24N4S/c1-15-9-5-7-11-17(15)13-22(3)14-24-20(25)23(4)19(21-24)18-12-8-6-10-16(18)2/h5-12H,13-14H2,1-4H3/p+1. The van der Waals surface area contributed by atoms with Crippen LogP contribution in [0, 0.1) is 18.6 Å². The van der Waals surface area contributed by atoms with E-state index in [2.05, 4.69) is 57.3 Å². The third kappa shape index (κ3) is 3.72. The van der Waals surface area contributed by atoms with Gasteiger partial charge in [0.1, 0.15) is 6.54 Å². The van der Waals surface area contributed by atoms with E-state index < -0.39 is 0 Å². The first-order valence-electron chi connectivity index (χ1n) is 8.53. The summed E-state index contributed by atoms with van der Waals surface area (Å²) in [5, 5.41) is 4.80. The summed E-state index contributed by atoms with van der Waals surface area (Å²) in [4.78, 5) is 1.35. The molecule has 130 valence electrons. The van der Waals surface area contributed by atoms with Crippen molar-refractivity contribution >= 4 is 12.2 Å². The summed E-state index contributed by atoms with van der Waals surface area (Å²) in [6.07, 6.45) is 0. The van der Waals surface area contributed by atoms with Crippen LogP contribution in [0.5, 0.6) is 0 Å². The average molecular weight is 354 g/mol. The molecule has 1 unspecified atom stereocenters. The quantitative estimate of drug-likeness (QED) is 0.714. The summed E-state index contributed by atoms with van der Waals surface area (Å²) in [7, 11) is 4.17. The Kier molecular flexibility index (Phi) is 5.16. The number of nitrogens with one attached hydrogen (secondary N) is 1. The smallest absolute Gasteiger partial charge is 0.202 e. The molecule has 0 fully saturated rings. The Morgan fingerprint density at radius 2 is 1.64 bits per heavy atom. The summed E-state index contributed by atoms with van der Waals surface area (Å²) >= 11 is 5.62. The fraction of sp³-hybridized carbons (Fsp3) is 0.300. The van der Waals surface area contributed by atoms with Crippen LogP contribution < -0.4 is 4.90 Å². The number of quaternary nitrogens is 1. The van der Waals surface area contributed by atoms with Gasteiger partial charge in [0.15, 0.2) is 12.5 Å². The minimum atomic E-state index is 0.743. The highest BCUT2D eigenvalue weighted by Crippen LogP contribution is 2.20. The van der Waals surface area contributed by atoms with Gasteiger partial charge in [0, 0.05) is 18.2 Å². The van der Waals surface area contributed by atoms with Crippen LogP contribution in [0.2, 0.25) is 0 Å². The van der Waals surface area contributed by atoms with Gasteiger partial charge in [0.2, 0.25) is 4.77 Å². The molecule has 0 radical (unpaired) electrons. The zero-order chi connectivity index (χ0) is 18.0. The second kappa shape index (κ2) is 7.33. The van der Waals surface area contributed by atoms with E-state index in [-0.39, 0.29) is 0 Å². The highest BCUT2D eigenvalue weighted by atomic mass is 32.1. The van der Waals surface area contributed by atoms with Gasteiger partial charge < -0.3 is 9.47 Å². The van der Waals surface area contributed by atoms with E-state index >= 15 is 0 Å². The second-order valence-electron chi connectivity index (χ2n) is 6.70. The lowest BCUT2D eigenvalue weighted by Crippen LogP contribution is -3.07. The van der Waals surface area contributed by atoms with Gasteiger partial charge in [0.05, 0.1) is 7.05 Å². The maximum absolute atomic E-state index is 5.62. The van der Waals surface area contributed by atoms with Crippen molar-refractivity contribution < 1.29 is 4.90 Å². The molecule has 1 atom stereocenters. The van der Waals surface area contributed by atoms with Crippen molar-refractivity contribution in [2.75, 3.05) is 7.05 Å². The normalized spacial score (nSPS) is 12.3. The molecule has 0 aliphatic rings. The summed E-state index contributed by atoms with van der Waals surface area (Å²) in [6, 6.07) is 16.8. The molecule has 3 aromatic rings. The highest BCUT2D eigenvalue weighted by Gasteiger charge is 2.14. The maximum atomic E-state index is 5.62. The number of aromatic nitrogens is 3. The van der Waals surface area contributed by atoms with E-state index in [0.29, 0.717) is 0 Å². The molecule has 0 saturated heterocycles. The zero-order valence-electron chi connectivity index (χ0n) is 15.3. The molecular formula is C20H25N4S+. The Balaban J connectivity index is 1.84. The van der Waals surface area contributed by atoms with Crippen molar-refractivity contribution in [3.05, 3.63) is 70.0 Å². The Bertz CT molecular complexity index is 939. The van der Waals surface area contributed by atoms with E-state index in [1.807, 2.05) is 28.4 Å². The SMILES string of the molecule is Cc1ccccc1C[NH+](C)Cn1nc(-c2ccccc2C)n(C)c1=S. The monoisotopic (exact) mass is 353 g/mol. The van der Waals surface area contributed by atoms with Gasteiger partial charge in [-0.3, -0.25) is 0 Å². The Labute approximate surface area is 154 Å². The lowest BCUT2D eigenvalue weighted by molar-refractivity contribution is -0.917. The van der Waals surface area contributed by atoms with E-state index in [1.165, 1.54) is 21.6 Å². The Morgan fingerprint density at radius 1 is 1.00 bits per heavy atom. The maximum Gasteiger partial charge on any atom is 0.202 e. The Hall–Kier alpha value is -2.24. The molecule has 1 heterocycles. The average Bonchev–Trinajstić information content (AvgIpc) is 2.86. The zero-order valence-corrected chi connectivity index (χ0v) is 16.1. The fourth-order valence-corrected chi connectivity index (χ4v) is 3.29. The van der Waals surface area contributed by atoms with Crippen molar-refractivity contribution in [3.8, 4) is 11.4 Å². The predicted octanol–water partition coefficient (Wildman–Crippen LogP) is 2.91. The van der Waals surface area contributed by atoms with Crippen LogP contribution >= 0.6 is 12.2 Å². The van der Waals surface area contributed by atoms with Gasteiger partial charge in [-0.1, -0.05) is 48.5 Å². The van der Waals surface area contributed by atoms with E-state index in [4.69, 9.17) is 17.3 Å². The topological polar surface area (TPSA) is 27.2 Å². The molecule has 25 heavy (non-hydrogen) atoms. The second-order valence-corrected chi connectivity index (χ2v) is 7.06. The molecule has 4 nitrogen and oxygen atoms in total. The van der Waals surface area contributed by atoms with Crippen LogP contribution in [-0.4, -0.2) is 21.4 Å². The van der Waals surface area contributed by atoms with Gasteiger partial charge in [-0.25, -0.2) is 0 Å². The van der Waals surface area contributed by atoms with Crippen molar-refractivity contribution in [3.63, 3.8) is 0 Å². The summed E-state index contributed by atoms with van der Waals surface area (Å²) in [5.41, 5.74) is 5.03. The van der Waals surface area contributed by atoms with Gasteiger partial charge in [-0.05, 0) is 37.2 Å². The number of hydrogen-bond acceptors (Lipinski definition) is 2. The first-order valence-corrected chi connectivity index (χ1v) is 8.94. The third-order valence-corrected chi connectivity index (χ3v) is 5.08. The largest absolute Gasteiger partial charge is 0.315 e. The number of aryl methyl sites for hydroxylation is 2. The molecule has 0 amide bonds. The molecule has 0 aliphatic carbocycles. The number of nitrogens with zero attached hydrogens (tertiary/aromatic N) is 3. The lowest BCUT2D eigenvalue weighted by Gasteiger charge is -2.15. The van der Waals surface area contributed by atoms with Crippen molar-refractivity contribution in [2.24, 2.45) is 7.05 Å². The minimum Gasteiger partial charge on any atom is -0.315 e. The number of hydrogen-bond donors (Lipinski definition) is 1. The summed E-state index contributed by atoms with van der Waals surface area (Å²) in [6.45, 7) is 5.95. The molecule has 0 aliphatic heterocycles. The van der Waals surface area contributed by atoms with E-state index in [1.54, 1.807) is 0 Å². The molecule has 1 N–H and O–H groups in total. The summed E-state index contributed by atoms with van der Waals surface area (Å²) in [5.74, 6) is 0.923. The molecule has 5 heteroatoms. The Morgan fingerprint density at radius 3 is 2.32 bits per heavy atom. The van der Waals surface area contributed by atoms with E-state index in [0.717, 1.165) is 29.4 Å². The molecule has 1 aromatic heterocycles. The molecular weight excluding hydrogens is 328 g/mol. The molecule has 3 rings (SSSR count). The minimum absolute atomic E-state index is 0.743. The highest BCUT2D eigenvalue weighted by molar-refractivity contribution is 7.71. The number of benzene rings is 2. The molecule has 0 saturated carbocycles. The van der Waals surface area contributed by atoms with Crippen LogP contribution in [0.1, 0.15) is 16.7 Å². The van der Waals surface area contributed by atoms with Crippen molar-refractivity contribution in [1.29, 1.82) is 0 Å². The van der Waals surface area contributed by atoms with Gasteiger partial charge in [0.25, 0.3) is 0 Å². The fourth-order valence-electron chi connectivity index (χ4n) is 3.09. The van der Waals surface area contributed by atoms with Gasteiger partial charge in [-0.15, -0.1) is 5.10 Å². The third-order valence-electron chi connectivity index (χ3n) is 4.60. The first kappa shape index (κ1) is 17.6. The first-order chi connectivity index (χ1) is 12.0. The van der Waals surface area contributed by atoms with Crippen LogP contribution in [0.4, 0.5) is 0 Å². The number of rotatable bonds is 5. The lowest BCUT2D eigenvalue weighted by atomic mass is 10.1.